The number of hydrogen-bond donors (Lipinski definition) is 2. The van der Waals surface area contributed by atoms with Crippen LogP contribution in [-0.4, -0.2) is 112 Å². The lowest BCUT2D eigenvalue weighted by molar-refractivity contribution is -0.0488. The summed E-state index contributed by atoms with van der Waals surface area (Å²) in [5, 5.41) is 0. The molecule has 3 aliphatic rings. The molecule has 316 valence electrons. The van der Waals surface area contributed by atoms with Gasteiger partial charge >= 0.3 is 19.3 Å². The SMILES string of the molecule is CC(Cc1ccc2ncc(C(C=NC3CCN(C(=O)OC(C)(C)C)CC3)=CN)nc2c1Br)C1(C)OB(C(C=NC2CCN(C(=O)OC(C)(C)C)CC2)=CN)OC1(C)C. The molecule has 0 aliphatic carbocycles. The molecular weight excluding hydrogens is 803 g/mol. The molecule has 16 heteroatoms. The van der Waals surface area contributed by atoms with Crippen LogP contribution in [0.4, 0.5) is 9.59 Å². The molecular formula is C42H62BBrN8O6. The van der Waals surface area contributed by atoms with Crippen LogP contribution >= 0.6 is 15.9 Å². The van der Waals surface area contributed by atoms with Crippen LogP contribution in [0, 0.1) is 5.92 Å². The van der Waals surface area contributed by atoms with Crippen molar-refractivity contribution in [2.75, 3.05) is 26.2 Å². The molecule has 4 N–H and O–H groups in total. The van der Waals surface area contributed by atoms with Crippen molar-refractivity contribution in [3.05, 3.63) is 51.9 Å². The minimum Gasteiger partial charge on any atom is -0.444 e. The molecule has 3 aliphatic heterocycles. The Morgan fingerprint density at radius 3 is 1.95 bits per heavy atom. The van der Waals surface area contributed by atoms with Crippen LogP contribution in [-0.2, 0) is 25.2 Å². The number of hydrogen-bond acceptors (Lipinski definition) is 12. The van der Waals surface area contributed by atoms with Gasteiger partial charge in [0.1, 0.15) is 16.7 Å². The van der Waals surface area contributed by atoms with Crippen molar-refractivity contribution in [1.29, 1.82) is 0 Å². The molecule has 3 fully saturated rings. The second-order valence-corrected chi connectivity index (χ2v) is 19.0. The molecule has 4 heterocycles. The van der Waals surface area contributed by atoms with E-state index < -0.39 is 29.5 Å². The Morgan fingerprint density at radius 2 is 1.45 bits per heavy atom. The van der Waals surface area contributed by atoms with Crippen molar-refractivity contribution in [1.82, 2.24) is 19.8 Å². The third kappa shape index (κ3) is 11.0. The van der Waals surface area contributed by atoms with Gasteiger partial charge in [-0.15, -0.1) is 0 Å². The Morgan fingerprint density at radius 1 is 0.914 bits per heavy atom. The minimum absolute atomic E-state index is 0.00101. The van der Waals surface area contributed by atoms with Crippen molar-refractivity contribution >= 4 is 64.3 Å². The predicted octanol–water partition coefficient (Wildman–Crippen LogP) is 7.27. The lowest BCUT2D eigenvalue weighted by Gasteiger charge is -2.41. The van der Waals surface area contributed by atoms with E-state index >= 15 is 0 Å². The third-order valence-corrected chi connectivity index (χ3v) is 12.1. The van der Waals surface area contributed by atoms with Crippen LogP contribution in [0.25, 0.3) is 16.6 Å². The van der Waals surface area contributed by atoms with Crippen LogP contribution in [0.2, 0.25) is 0 Å². The number of aliphatic imine (C=N–C) groups is 2. The van der Waals surface area contributed by atoms with Gasteiger partial charge in [-0.05, 0) is 134 Å². The van der Waals surface area contributed by atoms with E-state index in [9.17, 15) is 9.59 Å². The third-order valence-electron chi connectivity index (χ3n) is 11.2. The number of carbonyl (C=O) groups is 2. The van der Waals surface area contributed by atoms with Crippen molar-refractivity contribution < 1.29 is 28.4 Å². The summed E-state index contributed by atoms with van der Waals surface area (Å²) >= 11 is 3.86. The lowest BCUT2D eigenvalue weighted by atomic mass is 9.75. The average molecular weight is 866 g/mol. The topological polar surface area (TPSA) is 180 Å². The summed E-state index contributed by atoms with van der Waals surface area (Å²) in [6.07, 6.45) is 11.2. The van der Waals surface area contributed by atoms with Gasteiger partial charge in [0.15, 0.2) is 0 Å². The maximum absolute atomic E-state index is 12.5. The molecule has 0 radical (unpaired) electrons. The number of nitrogens with two attached hydrogens (primary N) is 2. The molecule has 3 saturated heterocycles. The first kappa shape index (κ1) is 45.1. The number of carbonyl (C=O) groups excluding carboxylic acids is 2. The highest BCUT2D eigenvalue weighted by Gasteiger charge is 2.57. The van der Waals surface area contributed by atoms with Crippen LogP contribution in [0.1, 0.15) is 106 Å². The molecule has 0 bridgehead atoms. The van der Waals surface area contributed by atoms with Crippen LogP contribution in [0.15, 0.2) is 50.7 Å². The maximum Gasteiger partial charge on any atom is 0.497 e. The Balaban J connectivity index is 1.22. The van der Waals surface area contributed by atoms with Gasteiger partial charge in [0.25, 0.3) is 0 Å². The fraction of sp³-hybridized carbons (Fsp3) is 0.619. The lowest BCUT2D eigenvalue weighted by Crippen LogP contribution is -2.50. The largest absolute Gasteiger partial charge is 0.497 e. The highest BCUT2D eigenvalue weighted by Crippen LogP contribution is 2.45. The fourth-order valence-electron chi connectivity index (χ4n) is 7.33. The molecule has 14 nitrogen and oxygen atoms in total. The van der Waals surface area contributed by atoms with Gasteiger partial charge in [-0.3, -0.25) is 15.0 Å². The number of ether oxygens (including phenoxy) is 2. The van der Waals surface area contributed by atoms with E-state index in [0.29, 0.717) is 54.9 Å². The highest BCUT2D eigenvalue weighted by atomic mass is 79.9. The number of fused-ring (bicyclic) bond motifs is 1. The molecule has 1 aromatic heterocycles. The smallest absolute Gasteiger partial charge is 0.444 e. The number of allylic oxidation sites excluding steroid dienone is 2. The average Bonchev–Trinajstić information content (AvgIpc) is 3.40. The standard InChI is InChI=1S/C42H62BBrN8O6/c1-27(42(10)41(8,9)57-43(58-42)30(23-46)25-48-32-15-19-52(20-16-32)38(54)56-40(5,6)7)21-28-11-12-33-36(35(28)44)50-34(26-49-33)29(22-45)24-47-31-13-17-51(18-14-31)37(53)55-39(2,3)4/h11-12,22-27,31-32H,13-21,45-46H2,1-10H3. The monoisotopic (exact) mass is 864 g/mol. The Hall–Kier alpha value is -4.02. The molecule has 0 spiro atoms. The number of benzene rings is 1. The van der Waals surface area contributed by atoms with Gasteiger partial charge in [0.05, 0.1) is 40.7 Å². The Bertz CT molecular complexity index is 1930. The van der Waals surface area contributed by atoms with Gasteiger partial charge in [0.2, 0.25) is 0 Å². The summed E-state index contributed by atoms with van der Waals surface area (Å²) in [5.74, 6) is -0.00101. The number of piperidine rings is 2. The Labute approximate surface area is 352 Å². The van der Waals surface area contributed by atoms with Crippen LogP contribution in [0.5, 0.6) is 0 Å². The summed E-state index contributed by atoms with van der Waals surface area (Å²) in [7, 11) is -0.702. The molecule has 2 atom stereocenters. The molecule has 2 amide bonds. The second-order valence-electron chi connectivity index (χ2n) is 18.2. The number of rotatable bonds is 9. The Kier molecular flexibility index (Phi) is 14.1. The van der Waals surface area contributed by atoms with E-state index in [1.807, 2.05) is 61.5 Å². The van der Waals surface area contributed by atoms with Crippen LogP contribution in [0.3, 0.4) is 0 Å². The quantitative estimate of drug-likeness (QED) is 0.192. The van der Waals surface area contributed by atoms with E-state index in [0.717, 1.165) is 41.2 Å². The van der Waals surface area contributed by atoms with Crippen molar-refractivity contribution in [2.24, 2.45) is 27.4 Å². The van der Waals surface area contributed by atoms with Crippen molar-refractivity contribution in [2.45, 2.75) is 136 Å². The summed E-state index contributed by atoms with van der Waals surface area (Å²) in [6.45, 7) is 21.9. The van der Waals surface area contributed by atoms with Crippen LogP contribution < -0.4 is 11.5 Å². The van der Waals surface area contributed by atoms with E-state index in [1.54, 1.807) is 28.4 Å². The predicted molar refractivity (Wildman–Crippen MR) is 234 cm³/mol. The second kappa shape index (κ2) is 18.1. The molecule has 2 unspecified atom stereocenters. The van der Waals surface area contributed by atoms with E-state index in [-0.39, 0.29) is 30.2 Å². The summed E-state index contributed by atoms with van der Waals surface area (Å²) in [4.78, 5) is 47.8. The van der Waals surface area contributed by atoms with Crippen molar-refractivity contribution in [3.8, 4) is 0 Å². The van der Waals surface area contributed by atoms with E-state index in [1.165, 1.54) is 12.4 Å². The number of likely N-dealkylation sites (tertiary alicyclic amines) is 2. The fourth-order valence-corrected chi connectivity index (χ4v) is 7.91. The first-order valence-corrected chi connectivity index (χ1v) is 21.1. The number of nitrogens with zero attached hydrogens (tertiary/aromatic N) is 6. The molecule has 58 heavy (non-hydrogen) atoms. The highest BCUT2D eigenvalue weighted by molar-refractivity contribution is 9.10. The summed E-state index contributed by atoms with van der Waals surface area (Å²) < 4.78 is 25.2. The molecule has 5 rings (SSSR count). The zero-order valence-corrected chi connectivity index (χ0v) is 37.5. The van der Waals surface area contributed by atoms with Gasteiger partial charge in [-0.1, -0.05) is 13.0 Å². The molecule has 2 aromatic rings. The van der Waals surface area contributed by atoms with E-state index in [4.69, 9.17) is 50.2 Å². The zero-order valence-electron chi connectivity index (χ0n) is 35.9. The maximum atomic E-state index is 12.5. The first-order valence-electron chi connectivity index (χ1n) is 20.3. The van der Waals surface area contributed by atoms with Gasteiger partial charge in [0, 0.05) is 60.3 Å². The molecule has 1 aromatic carbocycles. The minimum atomic E-state index is -0.702. The van der Waals surface area contributed by atoms with E-state index in [2.05, 4.69) is 35.8 Å². The van der Waals surface area contributed by atoms with Gasteiger partial charge in [-0.2, -0.15) is 0 Å². The first-order chi connectivity index (χ1) is 27.1. The summed E-state index contributed by atoms with van der Waals surface area (Å²) in [6, 6.07) is 4.14. The van der Waals surface area contributed by atoms with Gasteiger partial charge < -0.3 is 40.0 Å². The number of aromatic nitrogens is 2. The number of halogens is 1. The number of amides is 2. The summed E-state index contributed by atoms with van der Waals surface area (Å²) in [5.41, 5.74) is 14.2. The van der Waals surface area contributed by atoms with Gasteiger partial charge in [-0.25, -0.2) is 14.6 Å². The normalized spacial score (nSPS) is 22.4. The van der Waals surface area contributed by atoms with Crippen molar-refractivity contribution in [3.63, 3.8) is 0 Å². The zero-order chi connectivity index (χ0) is 42.6. The molecule has 0 saturated carbocycles.